The van der Waals surface area contributed by atoms with Gasteiger partial charge in [0.05, 0.1) is 17.8 Å². The van der Waals surface area contributed by atoms with Gasteiger partial charge < -0.3 is 16.2 Å². The number of nitrogens with two attached hydrogens (primary N) is 1. The molecule has 1 aliphatic rings. The molecule has 0 bridgehead atoms. The second-order valence-corrected chi connectivity index (χ2v) is 9.12. The third kappa shape index (κ3) is 5.52. The van der Waals surface area contributed by atoms with E-state index in [0.29, 0.717) is 12.4 Å². The first-order chi connectivity index (χ1) is 18.4. The number of fused-ring (bicyclic) bond motifs is 1. The van der Waals surface area contributed by atoms with Gasteiger partial charge in [0.1, 0.15) is 5.82 Å². The van der Waals surface area contributed by atoms with Crippen molar-refractivity contribution in [2.75, 3.05) is 5.73 Å². The number of nitrogens with zero attached hydrogens (tertiary/aromatic N) is 4. The topological polar surface area (TPSA) is 135 Å². The first-order valence-electron chi connectivity index (χ1n) is 12.1. The maximum atomic E-state index is 12.9. The van der Waals surface area contributed by atoms with Gasteiger partial charge in [-0.1, -0.05) is 42.5 Å². The average Bonchev–Trinajstić information content (AvgIpc) is 3.53. The molecule has 0 unspecified atom stereocenters. The molecular weight excluding hydrogens is 480 g/mol. The van der Waals surface area contributed by atoms with E-state index in [1.54, 1.807) is 6.20 Å². The first kappa shape index (κ1) is 24.6. The molecule has 3 heterocycles. The minimum absolute atomic E-state index is 0.00967. The van der Waals surface area contributed by atoms with E-state index < -0.39 is 11.9 Å². The number of carboxylic acid groups (broad SMARTS) is 1. The molecule has 0 aliphatic carbocycles. The Hall–Kier alpha value is -5.05. The van der Waals surface area contributed by atoms with Gasteiger partial charge in [-0.25, -0.2) is 9.78 Å². The number of amides is 1. The number of hydrogen-bond acceptors (Lipinski definition) is 6. The van der Waals surface area contributed by atoms with E-state index in [4.69, 9.17) is 5.73 Å². The maximum absolute atomic E-state index is 12.9. The molecular formula is C29H26N6O3. The molecule has 2 aromatic carbocycles. The highest BCUT2D eigenvalue weighted by atomic mass is 16.4. The van der Waals surface area contributed by atoms with Crippen LogP contribution in [-0.4, -0.2) is 38.0 Å². The fraction of sp³-hybridized carbons (Fsp3) is 0.138. The predicted octanol–water partition coefficient (Wildman–Crippen LogP) is 4.15. The summed E-state index contributed by atoms with van der Waals surface area (Å²) in [4.78, 5) is 33.1. The molecule has 4 aromatic rings. The Morgan fingerprint density at radius 2 is 1.84 bits per heavy atom. The number of hydrogen-bond donors (Lipinski definition) is 3. The lowest BCUT2D eigenvalue weighted by Gasteiger charge is -2.07. The molecule has 2 aromatic heterocycles. The lowest BCUT2D eigenvalue weighted by atomic mass is 10.1. The molecule has 9 nitrogen and oxygen atoms in total. The Bertz CT molecular complexity index is 1630. The van der Waals surface area contributed by atoms with E-state index in [-0.39, 0.29) is 17.8 Å². The highest BCUT2D eigenvalue weighted by Crippen LogP contribution is 2.20. The van der Waals surface area contributed by atoms with Crippen LogP contribution in [0.2, 0.25) is 0 Å². The number of pyridine rings is 1. The van der Waals surface area contributed by atoms with E-state index in [1.807, 2.05) is 67.7 Å². The number of carbonyl (C=O) groups excluding carboxylic acids is 1. The molecule has 9 heteroatoms. The summed E-state index contributed by atoms with van der Waals surface area (Å²) in [7, 11) is 0. The highest BCUT2D eigenvalue weighted by molar-refractivity contribution is 6.03. The monoisotopic (exact) mass is 506 g/mol. The molecule has 0 atom stereocenters. The molecule has 5 rings (SSSR count). The molecule has 4 N–H and O–H groups in total. The maximum Gasteiger partial charge on any atom is 0.357 e. The Morgan fingerprint density at radius 3 is 2.58 bits per heavy atom. The predicted molar refractivity (Wildman–Crippen MR) is 146 cm³/mol. The minimum Gasteiger partial charge on any atom is -0.476 e. The van der Waals surface area contributed by atoms with E-state index in [9.17, 15) is 14.7 Å². The summed E-state index contributed by atoms with van der Waals surface area (Å²) in [6.07, 6.45) is 9.81. The van der Waals surface area contributed by atoms with Crippen LogP contribution in [0.5, 0.6) is 0 Å². The van der Waals surface area contributed by atoms with Crippen LogP contribution >= 0.6 is 0 Å². The number of aromatic nitrogens is 3. The van der Waals surface area contributed by atoms with Crippen LogP contribution in [0.1, 0.15) is 44.5 Å². The standard InChI is InChI=1S/C29H26N6O3/c1-18-12-23(32-14-18)8-6-19-2-4-20(5-3-19)16-35-17-25(26(34-35)29(37)38)28(36)33-15-21-7-9-24-22(13-21)10-11-31-27(24)30/h2-5,7-14,17H,6,15-16H2,1H3,(H2,30,31)(H,33,36)(H,37,38)/b23-8-. The van der Waals surface area contributed by atoms with E-state index >= 15 is 0 Å². The van der Waals surface area contributed by atoms with Crippen molar-refractivity contribution >= 4 is 34.7 Å². The van der Waals surface area contributed by atoms with Gasteiger partial charge in [0.15, 0.2) is 5.69 Å². The fourth-order valence-corrected chi connectivity index (χ4v) is 4.25. The number of nitrogen functional groups attached to an aromatic ring is 1. The number of nitrogens with one attached hydrogen (secondary N) is 1. The van der Waals surface area contributed by atoms with Crippen molar-refractivity contribution in [3.05, 3.63) is 112 Å². The smallest absolute Gasteiger partial charge is 0.357 e. The van der Waals surface area contributed by atoms with Crippen LogP contribution in [0, 0.1) is 0 Å². The normalized spacial score (nSPS) is 13.7. The third-order valence-electron chi connectivity index (χ3n) is 6.23. The van der Waals surface area contributed by atoms with Crippen LogP contribution in [0.25, 0.3) is 10.8 Å². The van der Waals surface area contributed by atoms with Crippen molar-refractivity contribution in [1.82, 2.24) is 20.1 Å². The number of anilines is 1. The SMILES string of the molecule is CC1=C/C(=C/Cc2ccc(Cn3cc(C(=O)NCc4ccc5c(N)nccc5c4)c(C(=O)O)n3)cc2)N=C1. The largest absolute Gasteiger partial charge is 0.476 e. The van der Waals surface area contributed by atoms with Crippen molar-refractivity contribution < 1.29 is 14.7 Å². The second kappa shape index (κ2) is 10.5. The van der Waals surface area contributed by atoms with Crippen molar-refractivity contribution in [2.24, 2.45) is 4.99 Å². The summed E-state index contributed by atoms with van der Waals surface area (Å²) in [6, 6.07) is 15.4. The number of allylic oxidation sites excluding steroid dienone is 3. The van der Waals surface area contributed by atoms with Crippen LogP contribution < -0.4 is 11.1 Å². The quantitative estimate of drug-likeness (QED) is 0.329. The van der Waals surface area contributed by atoms with Gasteiger partial charge >= 0.3 is 5.97 Å². The molecule has 0 saturated heterocycles. The van der Waals surface area contributed by atoms with Gasteiger partial charge in [0.25, 0.3) is 5.91 Å². The fourth-order valence-electron chi connectivity index (χ4n) is 4.25. The Kier molecular flexibility index (Phi) is 6.82. The average molecular weight is 507 g/mol. The minimum atomic E-state index is -1.26. The number of carbonyl (C=O) groups is 2. The van der Waals surface area contributed by atoms with Crippen molar-refractivity contribution in [3.63, 3.8) is 0 Å². The van der Waals surface area contributed by atoms with Crippen LogP contribution in [0.3, 0.4) is 0 Å². The van der Waals surface area contributed by atoms with E-state index in [0.717, 1.165) is 45.2 Å². The van der Waals surface area contributed by atoms with Crippen LogP contribution in [0.4, 0.5) is 5.82 Å². The highest BCUT2D eigenvalue weighted by Gasteiger charge is 2.21. The molecule has 1 aliphatic heterocycles. The molecule has 190 valence electrons. The Labute approximate surface area is 219 Å². The van der Waals surface area contributed by atoms with E-state index in [1.165, 1.54) is 10.9 Å². The van der Waals surface area contributed by atoms with Gasteiger partial charge in [0, 0.05) is 30.5 Å². The zero-order valence-electron chi connectivity index (χ0n) is 20.8. The Morgan fingerprint density at radius 1 is 1.08 bits per heavy atom. The summed E-state index contributed by atoms with van der Waals surface area (Å²) >= 11 is 0. The lowest BCUT2D eigenvalue weighted by molar-refractivity contribution is 0.0684. The summed E-state index contributed by atoms with van der Waals surface area (Å²) in [5, 5.41) is 18.3. The summed E-state index contributed by atoms with van der Waals surface area (Å²) in [5.74, 6) is -1.33. The number of aliphatic imine (C=N–C) groups is 1. The first-order valence-corrected chi connectivity index (χ1v) is 12.1. The molecule has 0 saturated carbocycles. The summed E-state index contributed by atoms with van der Waals surface area (Å²) in [5.41, 5.74) is 10.6. The van der Waals surface area contributed by atoms with Gasteiger partial charge in [-0.05, 0) is 59.2 Å². The van der Waals surface area contributed by atoms with Gasteiger partial charge in [-0.3, -0.25) is 14.5 Å². The summed E-state index contributed by atoms with van der Waals surface area (Å²) in [6.45, 7) is 2.57. The number of benzene rings is 2. The summed E-state index contributed by atoms with van der Waals surface area (Å²) < 4.78 is 1.47. The molecule has 0 radical (unpaired) electrons. The zero-order chi connectivity index (χ0) is 26.6. The van der Waals surface area contributed by atoms with E-state index in [2.05, 4.69) is 26.5 Å². The molecule has 38 heavy (non-hydrogen) atoms. The zero-order valence-corrected chi connectivity index (χ0v) is 20.8. The molecule has 0 fully saturated rings. The van der Waals surface area contributed by atoms with Crippen LogP contribution in [-0.2, 0) is 19.5 Å². The third-order valence-corrected chi connectivity index (χ3v) is 6.23. The van der Waals surface area contributed by atoms with Crippen LogP contribution in [0.15, 0.2) is 89.3 Å². The molecule has 1 amide bonds. The Balaban J connectivity index is 1.25. The molecule has 0 spiro atoms. The lowest BCUT2D eigenvalue weighted by Crippen LogP contribution is -2.24. The second-order valence-electron chi connectivity index (χ2n) is 9.12. The number of carboxylic acids is 1. The number of aromatic carboxylic acids is 1. The number of rotatable bonds is 8. The van der Waals surface area contributed by atoms with Crippen molar-refractivity contribution in [1.29, 1.82) is 0 Å². The van der Waals surface area contributed by atoms with Crippen molar-refractivity contribution in [3.8, 4) is 0 Å². The van der Waals surface area contributed by atoms with Crippen molar-refractivity contribution in [2.45, 2.75) is 26.4 Å². The van der Waals surface area contributed by atoms with Gasteiger partial charge in [-0.15, -0.1) is 0 Å². The van der Waals surface area contributed by atoms with Gasteiger partial charge in [0.2, 0.25) is 0 Å². The van der Waals surface area contributed by atoms with Gasteiger partial charge in [-0.2, -0.15) is 5.10 Å².